The summed E-state index contributed by atoms with van der Waals surface area (Å²) in [5.74, 6) is -2.82. The molecule has 32 heavy (non-hydrogen) atoms. The Morgan fingerprint density at radius 1 is 0.875 bits per heavy atom. The van der Waals surface area contributed by atoms with Gasteiger partial charge in [0, 0.05) is 11.6 Å². The van der Waals surface area contributed by atoms with Crippen molar-refractivity contribution in [3.63, 3.8) is 0 Å². The molecular weight excluding hydrogens is 437 g/mol. The topological polar surface area (TPSA) is 9.23 Å². The molecule has 2 aromatic rings. The Morgan fingerprint density at radius 3 is 1.94 bits per heavy atom. The van der Waals surface area contributed by atoms with Gasteiger partial charge in [0.2, 0.25) is 0 Å². The van der Waals surface area contributed by atoms with Crippen LogP contribution in [-0.4, -0.2) is 12.3 Å². The van der Waals surface area contributed by atoms with Crippen LogP contribution in [0.4, 0.5) is 30.7 Å². The summed E-state index contributed by atoms with van der Waals surface area (Å²) >= 11 is 0. The predicted octanol–water partition coefficient (Wildman–Crippen LogP) is 8.40. The largest absolute Gasteiger partial charge is 0.432 e. The Balaban J connectivity index is 1.72. The lowest BCUT2D eigenvalue weighted by atomic mass is 9.80. The summed E-state index contributed by atoms with van der Waals surface area (Å²) in [6, 6.07) is 7.03. The van der Waals surface area contributed by atoms with E-state index in [2.05, 4.69) is 0 Å². The standard InChI is InChI=1S/C24H23F7O/c1-2-15-3-7-18(8-4-15)24(30,31)32-19-9-5-16(6-10-19)17-13-21(25)20(22(26)14-17)11-12-23(27,28)29/h5-6,9-15,18H,2-4,7-8H2,1H3. The number of rotatable bonds is 6. The van der Waals surface area contributed by atoms with E-state index in [0.29, 0.717) is 30.4 Å². The highest BCUT2D eigenvalue weighted by molar-refractivity contribution is 5.67. The number of allylic oxidation sites excluding steroid dienone is 1. The maximum atomic E-state index is 14.5. The third-order valence-corrected chi connectivity index (χ3v) is 5.86. The van der Waals surface area contributed by atoms with Crippen molar-refractivity contribution < 1.29 is 35.5 Å². The molecule has 1 fully saturated rings. The average molecular weight is 460 g/mol. The second-order valence-electron chi connectivity index (χ2n) is 8.04. The molecule has 0 saturated heterocycles. The van der Waals surface area contributed by atoms with E-state index < -0.39 is 35.4 Å². The number of hydrogen-bond acceptors (Lipinski definition) is 1. The van der Waals surface area contributed by atoms with Crippen LogP contribution in [-0.2, 0) is 0 Å². The first-order valence-corrected chi connectivity index (χ1v) is 10.4. The Kier molecular flexibility index (Phi) is 7.20. The Bertz CT molecular complexity index is 917. The van der Waals surface area contributed by atoms with Crippen molar-refractivity contribution in [2.24, 2.45) is 11.8 Å². The molecule has 8 heteroatoms. The SMILES string of the molecule is CCC1CCC(C(F)(F)Oc2ccc(-c3cc(F)c(C=CC(F)(F)F)c(F)c3)cc2)CC1. The average Bonchev–Trinajstić information content (AvgIpc) is 2.72. The molecule has 0 unspecified atom stereocenters. The number of halogens is 7. The van der Waals surface area contributed by atoms with Crippen molar-refractivity contribution in [2.75, 3.05) is 0 Å². The van der Waals surface area contributed by atoms with Crippen LogP contribution in [0.3, 0.4) is 0 Å². The summed E-state index contributed by atoms with van der Waals surface area (Å²) in [7, 11) is 0. The van der Waals surface area contributed by atoms with E-state index >= 15 is 0 Å². The first-order chi connectivity index (χ1) is 15.0. The van der Waals surface area contributed by atoms with Crippen LogP contribution in [0.1, 0.15) is 44.6 Å². The van der Waals surface area contributed by atoms with Crippen molar-refractivity contribution in [3.8, 4) is 16.9 Å². The van der Waals surface area contributed by atoms with Gasteiger partial charge in [0.15, 0.2) is 0 Å². The predicted molar refractivity (Wildman–Crippen MR) is 108 cm³/mol. The van der Waals surface area contributed by atoms with E-state index in [4.69, 9.17) is 4.74 Å². The number of benzene rings is 2. The summed E-state index contributed by atoms with van der Waals surface area (Å²) in [6.45, 7) is 2.05. The molecule has 0 radical (unpaired) electrons. The third-order valence-electron chi connectivity index (χ3n) is 5.86. The lowest BCUT2D eigenvalue weighted by Gasteiger charge is -2.33. The van der Waals surface area contributed by atoms with Crippen LogP contribution in [0.25, 0.3) is 17.2 Å². The first-order valence-electron chi connectivity index (χ1n) is 10.4. The Morgan fingerprint density at radius 2 is 1.44 bits per heavy atom. The number of ether oxygens (including phenoxy) is 1. The monoisotopic (exact) mass is 460 g/mol. The molecule has 174 valence electrons. The number of alkyl halides is 5. The van der Waals surface area contributed by atoms with Crippen molar-refractivity contribution in [1.82, 2.24) is 0 Å². The van der Waals surface area contributed by atoms with Crippen LogP contribution in [0, 0.1) is 23.5 Å². The van der Waals surface area contributed by atoms with Crippen LogP contribution in [0.5, 0.6) is 5.75 Å². The zero-order valence-corrected chi connectivity index (χ0v) is 17.4. The van der Waals surface area contributed by atoms with Crippen LogP contribution >= 0.6 is 0 Å². The minimum atomic E-state index is -4.70. The fourth-order valence-corrected chi connectivity index (χ4v) is 3.95. The normalized spacial score (nSPS) is 20.0. The van der Waals surface area contributed by atoms with E-state index in [1.807, 2.05) is 6.92 Å². The Hall–Kier alpha value is -2.51. The van der Waals surface area contributed by atoms with Crippen molar-refractivity contribution in [3.05, 3.63) is 59.7 Å². The van der Waals surface area contributed by atoms with Gasteiger partial charge in [-0.05, 0) is 73.1 Å². The highest BCUT2D eigenvalue weighted by Crippen LogP contribution is 2.41. The Labute approximate surface area is 181 Å². The van der Waals surface area contributed by atoms with Gasteiger partial charge in [-0.3, -0.25) is 0 Å². The second-order valence-corrected chi connectivity index (χ2v) is 8.04. The molecule has 0 amide bonds. The molecule has 1 saturated carbocycles. The molecule has 1 aliphatic rings. The van der Waals surface area contributed by atoms with Gasteiger partial charge in [-0.15, -0.1) is 0 Å². The minimum Gasteiger partial charge on any atom is -0.432 e. The molecule has 1 nitrogen and oxygen atoms in total. The minimum absolute atomic E-state index is 0.0559. The van der Waals surface area contributed by atoms with E-state index in [0.717, 1.165) is 31.4 Å². The smallest absolute Gasteiger partial charge is 0.409 e. The quantitative estimate of drug-likeness (QED) is 0.393. The van der Waals surface area contributed by atoms with E-state index in [1.165, 1.54) is 24.3 Å². The third kappa shape index (κ3) is 6.04. The zero-order valence-electron chi connectivity index (χ0n) is 17.4. The molecule has 0 aliphatic heterocycles. The summed E-state index contributed by atoms with van der Waals surface area (Å²) in [5.41, 5.74) is -0.461. The lowest BCUT2D eigenvalue weighted by molar-refractivity contribution is -0.223. The van der Waals surface area contributed by atoms with Gasteiger partial charge in [-0.25, -0.2) is 8.78 Å². The van der Waals surface area contributed by atoms with Gasteiger partial charge in [-0.1, -0.05) is 25.5 Å². The van der Waals surface area contributed by atoms with Crippen LogP contribution < -0.4 is 4.74 Å². The summed E-state index contributed by atoms with van der Waals surface area (Å²) in [6.07, 6.45) is -4.74. The van der Waals surface area contributed by atoms with Crippen LogP contribution in [0.2, 0.25) is 0 Å². The maximum Gasteiger partial charge on any atom is 0.409 e. The fourth-order valence-electron chi connectivity index (χ4n) is 3.95. The fraction of sp³-hybridized carbons (Fsp3) is 0.417. The van der Waals surface area contributed by atoms with Gasteiger partial charge >= 0.3 is 12.3 Å². The second kappa shape index (κ2) is 9.55. The molecular formula is C24H23F7O. The first kappa shape index (κ1) is 24.1. The van der Waals surface area contributed by atoms with Gasteiger partial charge in [0.1, 0.15) is 17.4 Å². The molecule has 1 aliphatic carbocycles. The van der Waals surface area contributed by atoms with E-state index in [9.17, 15) is 30.7 Å². The molecule has 0 atom stereocenters. The zero-order chi connectivity index (χ0) is 23.5. The molecule has 3 rings (SSSR count). The van der Waals surface area contributed by atoms with Gasteiger partial charge in [0.25, 0.3) is 0 Å². The van der Waals surface area contributed by atoms with Crippen molar-refractivity contribution in [2.45, 2.75) is 51.3 Å². The molecule has 0 heterocycles. The maximum absolute atomic E-state index is 14.5. The van der Waals surface area contributed by atoms with E-state index in [-0.39, 0.29) is 17.4 Å². The van der Waals surface area contributed by atoms with E-state index in [1.54, 1.807) is 0 Å². The summed E-state index contributed by atoms with van der Waals surface area (Å²) in [5, 5.41) is 0. The summed E-state index contributed by atoms with van der Waals surface area (Å²) in [4.78, 5) is 0. The highest BCUT2D eigenvalue weighted by atomic mass is 19.4. The molecule has 2 aromatic carbocycles. The van der Waals surface area contributed by atoms with Crippen molar-refractivity contribution >= 4 is 6.08 Å². The highest BCUT2D eigenvalue weighted by Gasteiger charge is 2.43. The number of hydrogen-bond donors (Lipinski definition) is 0. The lowest BCUT2D eigenvalue weighted by Crippen LogP contribution is -2.37. The van der Waals surface area contributed by atoms with Gasteiger partial charge in [-0.2, -0.15) is 22.0 Å². The van der Waals surface area contributed by atoms with Crippen LogP contribution in [0.15, 0.2) is 42.5 Å². The van der Waals surface area contributed by atoms with Gasteiger partial charge in [0.05, 0.1) is 5.92 Å². The molecule has 0 N–H and O–H groups in total. The molecule has 0 aromatic heterocycles. The molecule has 0 spiro atoms. The van der Waals surface area contributed by atoms with Crippen molar-refractivity contribution in [1.29, 1.82) is 0 Å². The summed E-state index contributed by atoms with van der Waals surface area (Å²) < 4.78 is 99.1. The molecule has 0 bridgehead atoms. The van der Waals surface area contributed by atoms with Gasteiger partial charge < -0.3 is 4.74 Å².